The highest BCUT2D eigenvalue weighted by Gasteiger charge is 2.40. The fraction of sp³-hybridized carbons (Fsp3) is 0.682. The normalized spacial score (nSPS) is 31.5. The fourth-order valence-corrected chi connectivity index (χ4v) is 5.45. The summed E-state index contributed by atoms with van der Waals surface area (Å²) < 4.78 is 26.4. The number of likely N-dealkylation sites (tertiary alicyclic amines) is 1. The minimum atomic E-state index is -0.807. The summed E-state index contributed by atoms with van der Waals surface area (Å²) in [6.07, 6.45) is 7.28. The van der Waals surface area contributed by atoms with Crippen LogP contribution >= 0.6 is 0 Å². The number of piperidine rings is 1. The average molecular weight is 392 g/mol. The van der Waals surface area contributed by atoms with Crippen LogP contribution in [-0.2, 0) is 11.3 Å². The number of benzene rings is 1. The highest BCUT2D eigenvalue weighted by Crippen LogP contribution is 2.42. The summed E-state index contributed by atoms with van der Waals surface area (Å²) in [5.41, 5.74) is 7.13. The smallest absolute Gasteiger partial charge is 0.223 e. The zero-order valence-electron chi connectivity index (χ0n) is 16.4. The van der Waals surface area contributed by atoms with Gasteiger partial charge in [-0.1, -0.05) is 12.5 Å². The second kappa shape index (κ2) is 8.46. The molecule has 2 saturated carbocycles. The number of nitrogens with two attached hydrogens (primary N) is 1. The van der Waals surface area contributed by atoms with Crippen LogP contribution in [0.1, 0.15) is 50.5 Å². The minimum absolute atomic E-state index is 0.121. The van der Waals surface area contributed by atoms with Crippen molar-refractivity contribution in [2.45, 2.75) is 63.6 Å². The van der Waals surface area contributed by atoms with Crippen molar-refractivity contribution in [1.82, 2.24) is 10.2 Å². The summed E-state index contributed by atoms with van der Waals surface area (Å²) in [5.74, 6) is -0.241. The third-order valence-corrected chi connectivity index (χ3v) is 7.11. The summed E-state index contributed by atoms with van der Waals surface area (Å²) in [7, 11) is 0. The molecule has 1 aromatic rings. The van der Waals surface area contributed by atoms with E-state index >= 15 is 0 Å². The first kappa shape index (κ1) is 19.8. The first-order valence-electron chi connectivity index (χ1n) is 10.7. The number of fused-ring (bicyclic) bond motifs is 2. The first-order valence-corrected chi connectivity index (χ1v) is 10.7. The Kier molecular flexibility index (Phi) is 5.97. The molecule has 1 heterocycles. The molecule has 3 fully saturated rings. The molecule has 4 rings (SSSR count). The summed E-state index contributed by atoms with van der Waals surface area (Å²) in [5, 5.41) is 3.28. The molecule has 4 nitrogen and oxygen atoms in total. The molecule has 2 unspecified atom stereocenters. The van der Waals surface area contributed by atoms with Crippen LogP contribution < -0.4 is 11.1 Å². The van der Waals surface area contributed by atoms with Crippen LogP contribution in [0.15, 0.2) is 18.2 Å². The van der Waals surface area contributed by atoms with E-state index < -0.39 is 11.6 Å². The van der Waals surface area contributed by atoms with Gasteiger partial charge in [0, 0.05) is 37.6 Å². The SMILES string of the molecule is NC1C2CCCC1CC(C(=O)NC1CCN(Cc3ccc(F)c(F)c3)CC1)C2. The van der Waals surface area contributed by atoms with Gasteiger partial charge in [-0.05, 0) is 68.1 Å². The monoisotopic (exact) mass is 391 g/mol. The number of carbonyl (C=O) groups excluding carboxylic acids is 1. The van der Waals surface area contributed by atoms with E-state index in [1.165, 1.54) is 31.4 Å². The van der Waals surface area contributed by atoms with Crippen molar-refractivity contribution < 1.29 is 13.6 Å². The zero-order valence-corrected chi connectivity index (χ0v) is 16.4. The van der Waals surface area contributed by atoms with E-state index in [0.717, 1.165) is 44.3 Å². The lowest BCUT2D eigenvalue weighted by Crippen LogP contribution is -2.51. The van der Waals surface area contributed by atoms with E-state index in [1.54, 1.807) is 6.07 Å². The van der Waals surface area contributed by atoms with Crippen molar-refractivity contribution in [2.24, 2.45) is 23.5 Å². The van der Waals surface area contributed by atoms with Gasteiger partial charge in [-0.2, -0.15) is 0 Å². The fourth-order valence-electron chi connectivity index (χ4n) is 5.45. The summed E-state index contributed by atoms with van der Waals surface area (Å²) in [6.45, 7) is 2.32. The maximum Gasteiger partial charge on any atom is 0.223 e. The standard InChI is InChI=1S/C22H31F2N3O/c23-19-5-4-14(10-20(19)24)13-27-8-6-18(7-9-27)26-22(28)17-11-15-2-1-3-16(12-17)21(15)25/h4-5,10,15-18,21H,1-3,6-9,11-13,25H2,(H,26,28). The van der Waals surface area contributed by atoms with Gasteiger partial charge in [-0.15, -0.1) is 0 Å². The number of carbonyl (C=O) groups is 1. The Morgan fingerprint density at radius 3 is 2.39 bits per heavy atom. The molecular weight excluding hydrogens is 360 g/mol. The Bertz CT molecular complexity index is 691. The van der Waals surface area contributed by atoms with E-state index in [1.807, 2.05) is 0 Å². The van der Waals surface area contributed by atoms with Gasteiger partial charge < -0.3 is 11.1 Å². The van der Waals surface area contributed by atoms with E-state index in [9.17, 15) is 13.6 Å². The van der Waals surface area contributed by atoms with Crippen LogP contribution in [-0.4, -0.2) is 36.0 Å². The molecule has 154 valence electrons. The van der Waals surface area contributed by atoms with Gasteiger partial charge in [-0.25, -0.2) is 8.78 Å². The number of rotatable bonds is 4. The van der Waals surface area contributed by atoms with Crippen LogP contribution in [0.2, 0.25) is 0 Å². The minimum Gasteiger partial charge on any atom is -0.353 e. The molecule has 3 aliphatic rings. The zero-order chi connectivity index (χ0) is 19.7. The van der Waals surface area contributed by atoms with Gasteiger partial charge in [0.25, 0.3) is 0 Å². The Hall–Kier alpha value is -1.53. The number of halogens is 2. The molecule has 1 aliphatic heterocycles. The van der Waals surface area contributed by atoms with Gasteiger partial charge in [0.2, 0.25) is 5.91 Å². The summed E-state index contributed by atoms with van der Waals surface area (Å²) in [4.78, 5) is 15.0. The molecule has 0 spiro atoms. The molecule has 2 bridgehead atoms. The van der Waals surface area contributed by atoms with Crippen molar-refractivity contribution >= 4 is 5.91 Å². The van der Waals surface area contributed by atoms with Gasteiger partial charge in [-0.3, -0.25) is 9.69 Å². The number of nitrogens with one attached hydrogen (secondary N) is 1. The quantitative estimate of drug-likeness (QED) is 0.829. The highest BCUT2D eigenvalue weighted by molar-refractivity contribution is 5.79. The molecule has 28 heavy (non-hydrogen) atoms. The Morgan fingerprint density at radius 2 is 1.75 bits per heavy atom. The molecule has 0 aromatic heterocycles. The molecule has 0 radical (unpaired) electrons. The van der Waals surface area contributed by atoms with Crippen molar-refractivity contribution in [3.8, 4) is 0 Å². The topological polar surface area (TPSA) is 58.4 Å². The number of hydrogen-bond acceptors (Lipinski definition) is 3. The molecule has 2 atom stereocenters. The van der Waals surface area contributed by atoms with Gasteiger partial charge >= 0.3 is 0 Å². The van der Waals surface area contributed by atoms with Gasteiger partial charge in [0.05, 0.1) is 0 Å². The Morgan fingerprint density at radius 1 is 1.07 bits per heavy atom. The van der Waals surface area contributed by atoms with Crippen LogP contribution in [0.5, 0.6) is 0 Å². The van der Waals surface area contributed by atoms with Crippen LogP contribution in [0.3, 0.4) is 0 Å². The summed E-state index contributed by atoms with van der Waals surface area (Å²) >= 11 is 0. The van der Waals surface area contributed by atoms with Crippen LogP contribution in [0, 0.1) is 29.4 Å². The second-order valence-electron chi connectivity index (χ2n) is 9.00. The van der Waals surface area contributed by atoms with Crippen LogP contribution in [0.4, 0.5) is 8.78 Å². The number of nitrogens with zero attached hydrogens (tertiary/aromatic N) is 1. The van der Waals surface area contributed by atoms with Gasteiger partial charge in [0.15, 0.2) is 11.6 Å². The van der Waals surface area contributed by atoms with E-state index in [-0.39, 0.29) is 23.9 Å². The number of hydrogen-bond donors (Lipinski definition) is 2. The van der Waals surface area contributed by atoms with Crippen molar-refractivity contribution in [2.75, 3.05) is 13.1 Å². The lowest BCUT2D eigenvalue weighted by atomic mass is 9.65. The number of amides is 1. The lowest BCUT2D eigenvalue weighted by Gasteiger charge is -2.44. The van der Waals surface area contributed by atoms with E-state index in [0.29, 0.717) is 18.4 Å². The third kappa shape index (κ3) is 4.38. The highest BCUT2D eigenvalue weighted by atomic mass is 19.2. The van der Waals surface area contributed by atoms with E-state index in [4.69, 9.17) is 5.73 Å². The molecule has 6 heteroatoms. The second-order valence-corrected chi connectivity index (χ2v) is 9.00. The lowest BCUT2D eigenvalue weighted by molar-refractivity contribution is -0.129. The predicted octanol–water partition coefficient (Wildman–Crippen LogP) is 3.20. The van der Waals surface area contributed by atoms with Gasteiger partial charge in [0.1, 0.15) is 0 Å². The van der Waals surface area contributed by atoms with Crippen molar-refractivity contribution in [1.29, 1.82) is 0 Å². The van der Waals surface area contributed by atoms with E-state index in [2.05, 4.69) is 10.2 Å². The maximum atomic E-state index is 13.4. The molecule has 2 aliphatic carbocycles. The molecule has 1 saturated heterocycles. The summed E-state index contributed by atoms with van der Waals surface area (Å²) in [6, 6.07) is 4.59. The van der Waals surface area contributed by atoms with Crippen LogP contribution in [0.25, 0.3) is 0 Å². The molecule has 1 amide bonds. The molecule has 1 aromatic carbocycles. The average Bonchev–Trinajstić information content (AvgIpc) is 2.66. The van der Waals surface area contributed by atoms with Crippen molar-refractivity contribution in [3.63, 3.8) is 0 Å². The van der Waals surface area contributed by atoms with Crippen molar-refractivity contribution in [3.05, 3.63) is 35.4 Å². The Labute approximate surface area is 165 Å². The molecule has 3 N–H and O–H groups in total. The Balaban J connectivity index is 1.24. The predicted molar refractivity (Wildman–Crippen MR) is 104 cm³/mol. The molecular formula is C22H31F2N3O. The first-order chi connectivity index (χ1) is 13.5. The maximum absolute atomic E-state index is 13.4. The largest absolute Gasteiger partial charge is 0.353 e. The third-order valence-electron chi connectivity index (χ3n) is 7.11.